The molecule has 0 saturated carbocycles. The van der Waals surface area contributed by atoms with Crippen molar-refractivity contribution >= 4 is 28.9 Å². The SMILES string of the molecule is COc1ccccc1CCNC(=O)c1ccc(Nc2cc(Cl)ccc2C)cn1. The fourth-order valence-corrected chi connectivity index (χ4v) is 2.97. The molecule has 1 aromatic heterocycles. The number of aromatic nitrogens is 1. The van der Waals surface area contributed by atoms with Gasteiger partial charge in [0, 0.05) is 17.3 Å². The number of aryl methyl sites for hydroxylation is 1. The van der Waals surface area contributed by atoms with E-state index in [1.807, 2.05) is 55.5 Å². The van der Waals surface area contributed by atoms with E-state index in [9.17, 15) is 4.79 Å². The van der Waals surface area contributed by atoms with Crippen molar-refractivity contribution in [2.24, 2.45) is 0 Å². The monoisotopic (exact) mass is 395 g/mol. The smallest absolute Gasteiger partial charge is 0.269 e. The van der Waals surface area contributed by atoms with Crippen molar-refractivity contribution in [2.75, 3.05) is 19.0 Å². The molecule has 1 heterocycles. The third kappa shape index (κ3) is 5.02. The second-order valence-corrected chi connectivity index (χ2v) is 6.77. The number of halogens is 1. The number of hydrogen-bond acceptors (Lipinski definition) is 4. The van der Waals surface area contributed by atoms with Gasteiger partial charge in [-0.2, -0.15) is 0 Å². The highest BCUT2D eigenvalue weighted by molar-refractivity contribution is 6.30. The lowest BCUT2D eigenvalue weighted by Crippen LogP contribution is -2.26. The average molecular weight is 396 g/mol. The van der Waals surface area contributed by atoms with E-state index in [1.54, 1.807) is 19.4 Å². The van der Waals surface area contributed by atoms with Crippen molar-refractivity contribution in [2.45, 2.75) is 13.3 Å². The van der Waals surface area contributed by atoms with Gasteiger partial charge in [0.05, 0.1) is 19.0 Å². The van der Waals surface area contributed by atoms with Gasteiger partial charge in [-0.05, 0) is 54.8 Å². The Hall–Kier alpha value is -3.05. The topological polar surface area (TPSA) is 63.2 Å². The lowest BCUT2D eigenvalue weighted by molar-refractivity contribution is 0.0949. The van der Waals surface area contributed by atoms with Crippen molar-refractivity contribution in [1.29, 1.82) is 0 Å². The standard InChI is InChI=1S/C22H22ClN3O2/c1-15-7-8-17(23)13-20(15)26-18-9-10-19(25-14-18)22(27)24-12-11-16-5-3-4-6-21(16)28-2/h3-10,13-14,26H,11-12H2,1-2H3,(H,24,27). The average Bonchev–Trinajstić information content (AvgIpc) is 2.71. The Kier molecular flexibility index (Phi) is 6.50. The van der Waals surface area contributed by atoms with E-state index in [0.29, 0.717) is 23.7 Å². The molecule has 144 valence electrons. The fraction of sp³-hybridized carbons (Fsp3) is 0.182. The van der Waals surface area contributed by atoms with Gasteiger partial charge < -0.3 is 15.4 Å². The number of anilines is 2. The molecule has 0 aliphatic rings. The first-order valence-corrected chi connectivity index (χ1v) is 9.34. The van der Waals surface area contributed by atoms with Gasteiger partial charge in [-0.1, -0.05) is 35.9 Å². The predicted octanol–water partition coefficient (Wildman–Crippen LogP) is 4.77. The summed E-state index contributed by atoms with van der Waals surface area (Å²) in [6, 6.07) is 16.9. The molecule has 0 saturated heterocycles. The minimum Gasteiger partial charge on any atom is -0.496 e. The zero-order valence-corrected chi connectivity index (χ0v) is 16.6. The van der Waals surface area contributed by atoms with Crippen LogP contribution in [-0.2, 0) is 6.42 Å². The number of amides is 1. The summed E-state index contributed by atoms with van der Waals surface area (Å²) < 4.78 is 5.32. The van der Waals surface area contributed by atoms with E-state index in [2.05, 4.69) is 15.6 Å². The Morgan fingerprint density at radius 2 is 1.96 bits per heavy atom. The highest BCUT2D eigenvalue weighted by Crippen LogP contribution is 2.24. The van der Waals surface area contributed by atoms with Crippen LogP contribution in [-0.4, -0.2) is 24.5 Å². The summed E-state index contributed by atoms with van der Waals surface area (Å²) in [4.78, 5) is 16.6. The fourth-order valence-electron chi connectivity index (χ4n) is 2.80. The zero-order chi connectivity index (χ0) is 19.9. The summed E-state index contributed by atoms with van der Waals surface area (Å²) in [5.74, 6) is 0.613. The molecule has 0 aliphatic carbocycles. The highest BCUT2D eigenvalue weighted by Gasteiger charge is 2.08. The van der Waals surface area contributed by atoms with Crippen LogP contribution in [0.1, 0.15) is 21.6 Å². The summed E-state index contributed by atoms with van der Waals surface area (Å²) >= 11 is 6.05. The molecule has 0 aliphatic heterocycles. The summed E-state index contributed by atoms with van der Waals surface area (Å²) in [5.41, 5.74) is 4.19. The minimum absolute atomic E-state index is 0.208. The Labute approximate surface area is 169 Å². The van der Waals surface area contributed by atoms with Crippen LogP contribution in [0.4, 0.5) is 11.4 Å². The summed E-state index contributed by atoms with van der Waals surface area (Å²) in [6.07, 6.45) is 2.32. The van der Waals surface area contributed by atoms with Gasteiger partial charge in [0.25, 0.3) is 5.91 Å². The maximum atomic E-state index is 12.3. The molecule has 5 nitrogen and oxygen atoms in total. The molecule has 6 heteroatoms. The third-order valence-electron chi connectivity index (χ3n) is 4.35. The molecule has 0 atom stereocenters. The zero-order valence-electron chi connectivity index (χ0n) is 15.8. The van der Waals surface area contributed by atoms with Gasteiger partial charge in [-0.15, -0.1) is 0 Å². The maximum Gasteiger partial charge on any atom is 0.269 e. The molecule has 2 aromatic carbocycles. The normalized spacial score (nSPS) is 10.4. The van der Waals surface area contributed by atoms with E-state index in [-0.39, 0.29) is 5.91 Å². The van der Waals surface area contributed by atoms with Crippen molar-refractivity contribution < 1.29 is 9.53 Å². The van der Waals surface area contributed by atoms with Crippen molar-refractivity contribution in [1.82, 2.24) is 10.3 Å². The van der Waals surface area contributed by atoms with Crippen molar-refractivity contribution in [3.63, 3.8) is 0 Å². The van der Waals surface area contributed by atoms with Crippen LogP contribution in [0.5, 0.6) is 5.75 Å². The molecule has 3 aromatic rings. The molecule has 0 bridgehead atoms. The first-order chi connectivity index (χ1) is 13.6. The van der Waals surface area contributed by atoms with E-state index in [0.717, 1.165) is 28.3 Å². The number of ether oxygens (including phenoxy) is 1. The molecule has 1 amide bonds. The van der Waals surface area contributed by atoms with Gasteiger partial charge in [-0.25, -0.2) is 4.98 Å². The van der Waals surface area contributed by atoms with Crippen LogP contribution >= 0.6 is 11.6 Å². The van der Waals surface area contributed by atoms with Gasteiger partial charge in [0.15, 0.2) is 0 Å². The summed E-state index contributed by atoms with van der Waals surface area (Å²) in [6.45, 7) is 2.50. The number of nitrogens with zero attached hydrogens (tertiary/aromatic N) is 1. The number of nitrogens with one attached hydrogen (secondary N) is 2. The van der Waals surface area contributed by atoms with Gasteiger partial charge >= 0.3 is 0 Å². The number of para-hydroxylation sites is 1. The Morgan fingerprint density at radius 1 is 1.14 bits per heavy atom. The quantitative estimate of drug-likeness (QED) is 0.605. The van der Waals surface area contributed by atoms with Gasteiger partial charge in [0.2, 0.25) is 0 Å². The lowest BCUT2D eigenvalue weighted by Gasteiger charge is -2.11. The number of benzene rings is 2. The molecule has 2 N–H and O–H groups in total. The van der Waals surface area contributed by atoms with Gasteiger partial charge in [0.1, 0.15) is 11.4 Å². The maximum absolute atomic E-state index is 12.3. The third-order valence-corrected chi connectivity index (χ3v) is 4.58. The number of rotatable bonds is 7. The van der Waals surface area contributed by atoms with Crippen LogP contribution in [0.15, 0.2) is 60.8 Å². The van der Waals surface area contributed by atoms with Crippen LogP contribution < -0.4 is 15.4 Å². The molecule has 0 spiro atoms. The molecule has 0 unspecified atom stereocenters. The van der Waals surface area contributed by atoms with Crippen molar-refractivity contribution in [3.05, 3.63) is 82.6 Å². The number of carbonyl (C=O) groups excluding carboxylic acids is 1. The number of carbonyl (C=O) groups is 1. The molecule has 3 rings (SSSR count). The largest absolute Gasteiger partial charge is 0.496 e. The molecule has 0 radical (unpaired) electrons. The first kappa shape index (κ1) is 19.7. The number of hydrogen-bond donors (Lipinski definition) is 2. The Balaban J connectivity index is 1.57. The first-order valence-electron chi connectivity index (χ1n) is 8.96. The second kappa shape index (κ2) is 9.24. The minimum atomic E-state index is -0.208. The number of methoxy groups -OCH3 is 1. The predicted molar refractivity (Wildman–Crippen MR) is 113 cm³/mol. The molecular weight excluding hydrogens is 374 g/mol. The van der Waals surface area contributed by atoms with Crippen LogP contribution in [0.2, 0.25) is 5.02 Å². The van der Waals surface area contributed by atoms with Crippen LogP contribution in [0, 0.1) is 6.92 Å². The second-order valence-electron chi connectivity index (χ2n) is 6.33. The summed E-state index contributed by atoms with van der Waals surface area (Å²) in [5, 5.41) is 6.81. The van der Waals surface area contributed by atoms with E-state index in [1.165, 1.54) is 0 Å². The molecule has 28 heavy (non-hydrogen) atoms. The Morgan fingerprint density at radius 3 is 2.71 bits per heavy atom. The Bertz CT molecular complexity index is 958. The highest BCUT2D eigenvalue weighted by atomic mass is 35.5. The van der Waals surface area contributed by atoms with Crippen molar-refractivity contribution in [3.8, 4) is 5.75 Å². The van der Waals surface area contributed by atoms with Crippen LogP contribution in [0.3, 0.4) is 0 Å². The molecular formula is C22H22ClN3O2. The van der Waals surface area contributed by atoms with Gasteiger partial charge in [-0.3, -0.25) is 4.79 Å². The summed E-state index contributed by atoms with van der Waals surface area (Å²) in [7, 11) is 1.64. The molecule has 0 fully saturated rings. The van der Waals surface area contributed by atoms with E-state index < -0.39 is 0 Å². The van der Waals surface area contributed by atoms with Crippen LogP contribution in [0.25, 0.3) is 0 Å². The van der Waals surface area contributed by atoms with E-state index in [4.69, 9.17) is 16.3 Å². The number of pyridine rings is 1. The van der Waals surface area contributed by atoms with E-state index >= 15 is 0 Å². The lowest BCUT2D eigenvalue weighted by atomic mass is 10.1.